The number of nitrogens with zero attached hydrogens (tertiary/aromatic N) is 2. The van der Waals surface area contributed by atoms with Crippen LogP contribution in [0, 0.1) is 0 Å². The minimum absolute atomic E-state index is 0.122. The van der Waals surface area contributed by atoms with Crippen molar-refractivity contribution in [3.63, 3.8) is 0 Å². The Kier molecular flexibility index (Phi) is 13.3. The average molecular weight is 522 g/mol. The maximum atomic E-state index is 12.8. The third kappa shape index (κ3) is 10.7. The fraction of sp³-hybridized carbons (Fsp3) is 0.500. The number of anilines is 1. The molecule has 0 spiro atoms. The summed E-state index contributed by atoms with van der Waals surface area (Å²) in [4.78, 5) is 14.7. The molecule has 0 radical (unpaired) electrons. The lowest BCUT2D eigenvalue weighted by Gasteiger charge is -2.23. The summed E-state index contributed by atoms with van der Waals surface area (Å²) in [6.07, 6.45) is 15.8. The number of amides is 1. The van der Waals surface area contributed by atoms with Crippen LogP contribution in [0.3, 0.4) is 0 Å². The average Bonchev–Trinajstić information content (AvgIpc) is 3.44. The molecule has 0 unspecified atom stereocenters. The van der Waals surface area contributed by atoms with E-state index in [0.29, 0.717) is 13.0 Å². The Morgan fingerprint density at radius 1 is 0.865 bits per heavy atom. The van der Waals surface area contributed by atoms with Gasteiger partial charge < -0.3 is 9.64 Å². The molecular weight excluding hydrogens is 476 g/mol. The van der Waals surface area contributed by atoms with Gasteiger partial charge in [0.25, 0.3) is 0 Å². The van der Waals surface area contributed by atoms with Gasteiger partial charge in [-0.15, -0.1) is 0 Å². The fourth-order valence-electron chi connectivity index (χ4n) is 4.55. The van der Waals surface area contributed by atoms with E-state index in [1.807, 2.05) is 24.0 Å². The predicted octanol–water partition coefficient (Wildman–Crippen LogP) is 8.33. The van der Waals surface area contributed by atoms with Gasteiger partial charge in [-0.05, 0) is 36.2 Å². The van der Waals surface area contributed by atoms with E-state index in [4.69, 9.17) is 4.74 Å². The molecule has 0 saturated heterocycles. The lowest BCUT2D eigenvalue weighted by molar-refractivity contribution is -0.683. The van der Waals surface area contributed by atoms with Crippen molar-refractivity contribution in [2.45, 2.75) is 97.6 Å². The number of aromatic nitrogens is 1. The van der Waals surface area contributed by atoms with Gasteiger partial charge in [-0.2, -0.15) is 4.57 Å². The van der Waals surface area contributed by atoms with Crippen molar-refractivity contribution in [2.75, 3.05) is 11.5 Å². The lowest BCUT2D eigenvalue weighted by atomic mass is 10.1. The van der Waals surface area contributed by atoms with Crippen molar-refractivity contribution in [1.82, 2.24) is 0 Å². The van der Waals surface area contributed by atoms with Gasteiger partial charge in [0.15, 0.2) is 12.7 Å². The molecule has 0 fully saturated rings. The molecule has 4 nitrogen and oxygen atoms in total. The maximum Gasteiger partial charge on any atom is 0.227 e. The van der Waals surface area contributed by atoms with E-state index in [2.05, 4.69) is 65.0 Å². The molecule has 3 rings (SSSR count). The first-order valence-electron chi connectivity index (χ1n) is 14.2. The minimum Gasteiger partial charge on any atom is -0.494 e. The first kappa shape index (κ1) is 28.9. The molecule has 1 heterocycles. The van der Waals surface area contributed by atoms with Crippen molar-refractivity contribution < 1.29 is 14.1 Å². The Balaban J connectivity index is 1.44. The van der Waals surface area contributed by atoms with Crippen LogP contribution in [0.4, 0.5) is 5.69 Å². The standard InChI is InChI=1S/C32H45N2O2S/c1-3-5-6-7-8-9-10-11-12-13-22-36-31-16-14-15-29(24-31)26-34(32(35)4-2)30-19-17-28(18-20-30)25-33-21-23-37-27-33/h14-21,23-24,27H,3-13,22,25-26H2,1-2H3/q+1. The van der Waals surface area contributed by atoms with Crippen molar-refractivity contribution in [1.29, 1.82) is 0 Å². The van der Waals surface area contributed by atoms with Gasteiger partial charge in [-0.1, -0.05) is 107 Å². The Morgan fingerprint density at radius 2 is 1.57 bits per heavy atom. The second-order valence-corrected chi connectivity index (χ2v) is 10.6. The Morgan fingerprint density at radius 3 is 2.22 bits per heavy atom. The smallest absolute Gasteiger partial charge is 0.227 e. The van der Waals surface area contributed by atoms with Crippen LogP contribution in [0.15, 0.2) is 65.6 Å². The van der Waals surface area contributed by atoms with Crippen molar-refractivity contribution in [3.8, 4) is 5.75 Å². The molecule has 0 aliphatic rings. The normalized spacial score (nSPS) is 11.0. The Labute approximate surface area is 228 Å². The van der Waals surface area contributed by atoms with Gasteiger partial charge >= 0.3 is 0 Å². The van der Waals surface area contributed by atoms with Crippen LogP contribution < -0.4 is 14.2 Å². The maximum absolute atomic E-state index is 12.8. The lowest BCUT2D eigenvalue weighted by Crippen LogP contribution is -2.31. The fourth-order valence-corrected chi connectivity index (χ4v) is 5.15. The van der Waals surface area contributed by atoms with Gasteiger partial charge in [0.2, 0.25) is 11.4 Å². The molecule has 0 bridgehead atoms. The van der Waals surface area contributed by atoms with Gasteiger partial charge in [0.05, 0.1) is 18.5 Å². The molecule has 0 N–H and O–H groups in total. The second kappa shape index (κ2) is 17.0. The van der Waals surface area contributed by atoms with Crippen LogP contribution in [-0.4, -0.2) is 12.5 Å². The molecule has 2 aromatic carbocycles. The number of rotatable bonds is 18. The summed E-state index contributed by atoms with van der Waals surface area (Å²) in [5.41, 5.74) is 5.34. The highest BCUT2D eigenvalue weighted by atomic mass is 32.1. The molecule has 200 valence electrons. The molecule has 0 aliphatic heterocycles. The summed E-state index contributed by atoms with van der Waals surface area (Å²) in [6, 6.07) is 16.5. The van der Waals surface area contributed by atoms with Crippen molar-refractivity contribution in [2.24, 2.45) is 0 Å². The summed E-state index contributed by atoms with van der Waals surface area (Å²) in [6.45, 7) is 6.32. The number of thiazole rings is 1. The SMILES string of the molecule is CCCCCCCCCCCCOc1cccc(CN(C(=O)CC)c2ccc(C[n+]3ccsc3)cc2)c1. The summed E-state index contributed by atoms with van der Waals surface area (Å²) < 4.78 is 8.22. The van der Waals surface area contributed by atoms with Crippen LogP contribution in [0.5, 0.6) is 5.75 Å². The van der Waals surface area contributed by atoms with E-state index in [0.717, 1.165) is 36.6 Å². The molecular formula is C32H45N2O2S+. The zero-order chi connectivity index (χ0) is 26.1. The van der Waals surface area contributed by atoms with Gasteiger partial charge in [-0.3, -0.25) is 4.79 Å². The number of benzene rings is 2. The van der Waals surface area contributed by atoms with Gasteiger partial charge in [0, 0.05) is 17.7 Å². The third-order valence-corrected chi connectivity index (χ3v) is 7.42. The van der Waals surface area contributed by atoms with Crippen LogP contribution in [0.1, 0.15) is 95.6 Å². The molecule has 1 aromatic heterocycles. The number of hydrogen-bond acceptors (Lipinski definition) is 3. The summed E-state index contributed by atoms with van der Waals surface area (Å²) in [5.74, 6) is 1.01. The number of carbonyl (C=O) groups is 1. The molecule has 1 amide bonds. The molecule has 0 aliphatic carbocycles. The Hall–Kier alpha value is -2.66. The van der Waals surface area contributed by atoms with E-state index >= 15 is 0 Å². The first-order valence-corrected chi connectivity index (χ1v) is 15.2. The molecule has 3 aromatic rings. The zero-order valence-electron chi connectivity index (χ0n) is 22.9. The van der Waals surface area contributed by atoms with Crippen LogP contribution >= 0.6 is 11.3 Å². The van der Waals surface area contributed by atoms with E-state index < -0.39 is 0 Å². The van der Waals surface area contributed by atoms with Gasteiger partial charge in [0.1, 0.15) is 5.75 Å². The van der Waals surface area contributed by atoms with Crippen molar-refractivity contribution >= 4 is 22.9 Å². The number of carbonyl (C=O) groups excluding carboxylic acids is 1. The van der Waals surface area contributed by atoms with Crippen LogP contribution in [0.25, 0.3) is 0 Å². The monoisotopic (exact) mass is 521 g/mol. The highest BCUT2D eigenvalue weighted by Gasteiger charge is 2.15. The van der Waals surface area contributed by atoms with Gasteiger partial charge in [-0.25, -0.2) is 0 Å². The minimum atomic E-state index is 0.122. The zero-order valence-corrected chi connectivity index (χ0v) is 23.7. The topological polar surface area (TPSA) is 33.4 Å². The molecule has 0 atom stereocenters. The van der Waals surface area contributed by atoms with Crippen molar-refractivity contribution in [3.05, 3.63) is 76.7 Å². The van der Waals surface area contributed by atoms with Crippen LogP contribution in [0.2, 0.25) is 0 Å². The number of unbranched alkanes of at least 4 members (excludes halogenated alkanes) is 9. The van der Waals surface area contributed by atoms with Crippen LogP contribution in [-0.2, 0) is 17.9 Å². The van der Waals surface area contributed by atoms with E-state index in [1.165, 1.54) is 63.4 Å². The number of ether oxygens (including phenoxy) is 1. The van der Waals surface area contributed by atoms with E-state index in [9.17, 15) is 4.79 Å². The summed E-state index contributed by atoms with van der Waals surface area (Å²) in [5, 5.41) is 2.07. The quantitative estimate of drug-likeness (QED) is 0.125. The largest absolute Gasteiger partial charge is 0.494 e. The van der Waals surface area contributed by atoms with E-state index in [-0.39, 0.29) is 5.91 Å². The molecule has 37 heavy (non-hydrogen) atoms. The highest BCUT2D eigenvalue weighted by molar-refractivity contribution is 7.07. The second-order valence-electron chi connectivity index (χ2n) is 9.88. The molecule has 0 saturated carbocycles. The summed E-state index contributed by atoms with van der Waals surface area (Å²) in [7, 11) is 0. The molecule has 5 heteroatoms. The predicted molar refractivity (Wildman–Crippen MR) is 155 cm³/mol. The number of hydrogen-bond donors (Lipinski definition) is 0. The third-order valence-electron chi connectivity index (χ3n) is 6.75. The summed E-state index contributed by atoms with van der Waals surface area (Å²) >= 11 is 1.69. The highest BCUT2D eigenvalue weighted by Crippen LogP contribution is 2.22. The van der Waals surface area contributed by atoms with E-state index in [1.54, 1.807) is 11.3 Å². The Bertz CT molecular complexity index is 1020. The first-order chi connectivity index (χ1) is 18.2.